The zero-order valence-corrected chi connectivity index (χ0v) is 25.7. The Labute approximate surface area is 267 Å². The molecule has 0 fully saturated rings. The van der Waals surface area contributed by atoms with Gasteiger partial charge in [0.25, 0.3) is 0 Å². The van der Waals surface area contributed by atoms with Crippen molar-refractivity contribution in [3.05, 3.63) is 170 Å². The van der Waals surface area contributed by atoms with Crippen molar-refractivity contribution in [2.24, 2.45) is 0 Å². The molecule has 0 atom stereocenters. The van der Waals surface area contributed by atoms with Gasteiger partial charge in [0.05, 0.1) is 16.7 Å². The van der Waals surface area contributed by atoms with E-state index in [1.807, 2.05) is 179 Å². The summed E-state index contributed by atoms with van der Waals surface area (Å²) in [5.41, 5.74) is 5.99. The monoisotopic (exact) mass is 613 g/mol. The summed E-state index contributed by atoms with van der Waals surface area (Å²) in [7, 11) is -3.56. The number of aromatic nitrogens is 3. The number of benzene rings is 6. The molecule has 0 bridgehead atoms. The Balaban J connectivity index is 1.34. The molecule has 0 aliphatic carbocycles. The Morgan fingerprint density at radius 2 is 0.761 bits per heavy atom. The molecular weight excluding hydrogens is 585 g/mol. The lowest BCUT2D eigenvalue weighted by Crippen LogP contribution is -2.26. The van der Waals surface area contributed by atoms with Crippen molar-refractivity contribution in [2.75, 3.05) is 9.34 Å². The predicted molar refractivity (Wildman–Crippen MR) is 187 cm³/mol. The normalized spacial score (nSPS) is 13.4. The topological polar surface area (TPSA) is 62.2 Å². The van der Waals surface area contributed by atoms with Crippen molar-refractivity contribution >= 4 is 35.5 Å². The Morgan fingerprint density at radius 3 is 1.22 bits per heavy atom. The summed E-state index contributed by atoms with van der Waals surface area (Å²) in [5.74, 6) is 1.66. The van der Waals surface area contributed by atoms with Gasteiger partial charge in [0.2, 0.25) is 0 Å². The summed E-state index contributed by atoms with van der Waals surface area (Å²) in [5, 5.41) is 0.664. The maximum atomic E-state index is 16.1. The van der Waals surface area contributed by atoms with Crippen LogP contribution < -0.4 is 14.6 Å². The molecule has 6 nitrogen and oxygen atoms in total. The summed E-state index contributed by atoms with van der Waals surface area (Å²) in [4.78, 5) is 14.7. The van der Waals surface area contributed by atoms with E-state index < -0.39 is 7.44 Å². The molecule has 8 rings (SSSR count). The molecule has 220 valence electrons. The highest BCUT2D eigenvalue weighted by Crippen LogP contribution is 2.69. The highest BCUT2D eigenvalue weighted by molar-refractivity contribution is 7.76. The van der Waals surface area contributed by atoms with E-state index in [-0.39, 0.29) is 0 Å². The molecule has 0 radical (unpaired) electrons. The highest BCUT2D eigenvalue weighted by Gasteiger charge is 2.49. The molecule has 7 aromatic rings. The number of hydrogen-bond acceptors (Lipinski definition) is 4. The number of fused-ring (bicyclic) bond motifs is 1. The first-order valence-electron chi connectivity index (χ1n) is 15.1. The third-order valence-electron chi connectivity index (χ3n) is 8.02. The van der Waals surface area contributed by atoms with Crippen molar-refractivity contribution in [2.45, 2.75) is 0 Å². The van der Waals surface area contributed by atoms with Crippen LogP contribution in [-0.2, 0) is 4.57 Å². The number of nitrogens with zero attached hydrogens (tertiary/aromatic N) is 5. The van der Waals surface area contributed by atoms with E-state index in [1.54, 1.807) is 0 Å². The third-order valence-corrected chi connectivity index (χ3v) is 10.9. The fraction of sp³-hybridized carbons (Fsp3) is 0. The van der Waals surface area contributed by atoms with Gasteiger partial charge < -0.3 is 0 Å². The van der Waals surface area contributed by atoms with E-state index in [0.717, 1.165) is 39.4 Å². The van der Waals surface area contributed by atoms with Crippen LogP contribution in [-0.4, -0.2) is 15.0 Å². The zero-order chi connectivity index (χ0) is 30.9. The van der Waals surface area contributed by atoms with Crippen LogP contribution in [0.4, 0.5) is 22.7 Å². The quantitative estimate of drug-likeness (QED) is 0.174. The van der Waals surface area contributed by atoms with Crippen molar-refractivity contribution in [3.63, 3.8) is 0 Å². The van der Waals surface area contributed by atoms with Gasteiger partial charge in [-0.2, -0.15) is 0 Å². The van der Waals surface area contributed by atoms with Crippen LogP contribution in [0.5, 0.6) is 0 Å². The number of hydrogen-bond donors (Lipinski definition) is 0. The average molecular weight is 614 g/mol. The molecule has 0 spiro atoms. The minimum Gasteiger partial charge on any atom is -0.270 e. The zero-order valence-electron chi connectivity index (χ0n) is 24.8. The lowest BCUT2D eigenvalue weighted by Gasteiger charge is -2.33. The van der Waals surface area contributed by atoms with E-state index in [0.29, 0.717) is 22.8 Å². The largest absolute Gasteiger partial charge is 0.301 e. The maximum Gasteiger partial charge on any atom is 0.301 e. The first kappa shape index (κ1) is 27.7. The van der Waals surface area contributed by atoms with E-state index in [9.17, 15) is 0 Å². The molecule has 0 N–H and O–H groups in total. The molecule has 1 aromatic heterocycles. The fourth-order valence-electron chi connectivity index (χ4n) is 5.93. The van der Waals surface area contributed by atoms with E-state index in [2.05, 4.69) is 0 Å². The molecule has 0 amide bonds. The Bertz CT molecular complexity index is 2070. The van der Waals surface area contributed by atoms with Gasteiger partial charge in [0.1, 0.15) is 0 Å². The SMILES string of the molecule is O=P1(c2cccc(-c3nc(-c4ccccc4)nc(-c4ccccc4)n3)c2)N(c2ccccc2)c2ccccc2N1c1ccccc1. The van der Waals surface area contributed by atoms with Gasteiger partial charge in [-0.15, -0.1) is 0 Å². The first-order chi connectivity index (χ1) is 22.7. The second kappa shape index (κ2) is 11.6. The van der Waals surface area contributed by atoms with Gasteiger partial charge in [-0.1, -0.05) is 121 Å². The Hall–Kier alpha value is -5.84. The number of para-hydroxylation sites is 4. The Kier molecular flexibility index (Phi) is 6.97. The van der Waals surface area contributed by atoms with Gasteiger partial charge in [-0.3, -0.25) is 13.9 Å². The second-order valence-corrected chi connectivity index (χ2v) is 13.3. The molecule has 6 aromatic carbocycles. The Morgan fingerprint density at radius 1 is 0.391 bits per heavy atom. The molecule has 2 heterocycles. The van der Waals surface area contributed by atoms with Crippen molar-refractivity contribution in [1.82, 2.24) is 15.0 Å². The van der Waals surface area contributed by atoms with E-state index in [4.69, 9.17) is 15.0 Å². The van der Waals surface area contributed by atoms with E-state index in [1.165, 1.54) is 0 Å². The molecule has 46 heavy (non-hydrogen) atoms. The summed E-state index contributed by atoms with van der Waals surface area (Å²) in [6, 6.07) is 55.6. The minimum absolute atomic E-state index is 0.510. The summed E-state index contributed by atoms with van der Waals surface area (Å²) in [6.45, 7) is 0. The predicted octanol–water partition coefficient (Wildman–Crippen LogP) is 9.68. The summed E-state index contributed by atoms with van der Waals surface area (Å²) in [6.07, 6.45) is 0. The standard InChI is InChI=1S/C39H28N5OP/c45-46(43(32-21-9-3-10-22-32)35-26-13-14-27-36(35)44(46)33-23-11-4-12-24-33)34-25-15-20-31(28-34)39-41-37(29-16-5-1-6-17-29)40-38(42-39)30-18-7-2-8-19-30/h1-28H. The van der Waals surface area contributed by atoms with Crippen LogP contribution in [0.25, 0.3) is 34.2 Å². The number of rotatable bonds is 6. The van der Waals surface area contributed by atoms with Crippen LogP contribution in [0.1, 0.15) is 0 Å². The van der Waals surface area contributed by atoms with Gasteiger partial charge in [-0.05, 0) is 48.5 Å². The average Bonchev–Trinajstić information content (AvgIpc) is 3.42. The van der Waals surface area contributed by atoms with Gasteiger partial charge in [-0.25, -0.2) is 15.0 Å². The van der Waals surface area contributed by atoms with Gasteiger partial charge in [0.15, 0.2) is 17.5 Å². The minimum atomic E-state index is -3.56. The molecule has 0 saturated carbocycles. The lowest BCUT2D eigenvalue weighted by molar-refractivity contribution is 0.582. The lowest BCUT2D eigenvalue weighted by atomic mass is 10.1. The maximum absolute atomic E-state index is 16.1. The fourth-order valence-corrected chi connectivity index (χ4v) is 8.97. The number of anilines is 4. The first-order valence-corrected chi connectivity index (χ1v) is 16.7. The molecule has 0 saturated heterocycles. The van der Waals surface area contributed by atoms with Crippen molar-refractivity contribution in [1.29, 1.82) is 0 Å². The molecule has 7 heteroatoms. The molecule has 1 aliphatic rings. The molecular formula is C39H28N5OP. The summed E-state index contributed by atoms with van der Waals surface area (Å²) >= 11 is 0. The second-order valence-electron chi connectivity index (χ2n) is 10.9. The summed E-state index contributed by atoms with van der Waals surface area (Å²) < 4.78 is 20.1. The molecule has 1 aliphatic heterocycles. The highest BCUT2D eigenvalue weighted by atomic mass is 31.2. The van der Waals surface area contributed by atoms with Crippen LogP contribution in [0.3, 0.4) is 0 Å². The van der Waals surface area contributed by atoms with Crippen molar-refractivity contribution < 1.29 is 4.57 Å². The van der Waals surface area contributed by atoms with Crippen LogP contribution in [0, 0.1) is 0 Å². The van der Waals surface area contributed by atoms with Gasteiger partial charge in [0, 0.05) is 28.1 Å². The third kappa shape index (κ3) is 4.76. The van der Waals surface area contributed by atoms with Crippen LogP contribution in [0.2, 0.25) is 0 Å². The molecule has 0 unspecified atom stereocenters. The smallest absolute Gasteiger partial charge is 0.270 e. The van der Waals surface area contributed by atoms with Crippen molar-refractivity contribution in [3.8, 4) is 34.2 Å². The van der Waals surface area contributed by atoms with Crippen LogP contribution in [0.15, 0.2) is 170 Å². The van der Waals surface area contributed by atoms with Gasteiger partial charge >= 0.3 is 7.44 Å². The van der Waals surface area contributed by atoms with Crippen LogP contribution >= 0.6 is 7.44 Å². The van der Waals surface area contributed by atoms with E-state index >= 15 is 4.57 Å².